The fourth-order valence-electron chi connectivity index (χ4n) is 2.12. The molecule has 0 atom stereocenters. The summed E-state index contributed by atoms with van der Waals surface area (Å²) in [4.78, 5) is 23.9. The van der Waals surface area contributed by atoms with Crippen LogP contribution in [0.15, 0.2) is 48.5 Å². The summed E-state index contributed by atoms with van der Waals surface area (Å²) in [5.41, 5.74) is 2.81. The normalized spacial score (nSPS) is 9.74. The van der Waals surface area contributed by atoms with Crippen molar-refractivity contribution in [1.82, 2.24) is 0 Å². The number of rotatable bonds is 5. The Balaban J connectivity index is 1.91. The largest absolute Gasteiger partial charge is 0.326 e. The smallest absolute Gasteiger partial charge is 0.233 e. The quantitative estimate of drug-likeness (QED) is 0.833. The van der Waals surface area contributed by atoms with Gasteiger partial charge < -0.3 is 10.6 Å². The predicted molar refractivity (Wildman–Crippen MR) is 88.9 cm³/mol. The number of nitrogens with one attached hydrogen (secondary N) is 2. The van der Waals surface area contributed by atoms with Gasteiger partial charge in [0.1, 0.15) is 6.42 Å². The Hall–Kier alpha value is -3.13. The number of carbonyl (C=O) groups excluding carboxylic acids is 2. The number of nitrogens with zero attached hydrogens (tertiary/aromatic N) is 1. The molecule has 0 aromatic heterocycles. The SMILES string of the molecule is CCc1ccccc1NC(=O)CC(=O)Nc1ccc(C#N)cc1. The first-order chi connectivity index (χ1) is 11.1. The molecule has 0 bridgehead atoms. The second kappa shape index (κ2) is 7.76. The molecule has 2 aromatic carbocycles. The monoisotopic (exact) mass is 307 g/mol. The first-order valence-corrected chi connectivity index (χ1v) is 7.30. The van der Waals surface area contributed by atoms with Crippen molar-refractivity contribution in [3.05, 3.63) is 59.7 Å². The molecule has 0 radical (unpaired) electrons. The van der Waals surface area contributed by atoms with Crippen molar-refractivity contribution < 1.29 is 9.59 Å². The van der Waals surface area contributed by atoms with Gasteiger partial charge >= 0.3 is 0 Å². The number of hydrogen-bond acceptors (Lipinski definition) is 3. The number of carbonyl (C=O) groups is 2. The summed E-state index contributed by atoms with van der Waals surface area (Å²) >= 11 is 0. The van der Waals surface area contributed by atoms with Gasteiger partial charge in [-0.15, -0.1) is 0 Å². The molecular formula is C18H17N3O2. The molecule has 2 amide bonds. The molecule has 5 heteroatoms. The zero-order chi connectivity index (χ0) is 16.7. The maximum Gasteiger partial charge on any atom is 0.233 e. The average molecular weight is 307 g/mol. The third-order valence-electron chi connectivity index (χ3n) is 3.29. The van der Waals surface area contributed by atoms with Crippen molar-refractivity contribution >= 4 is 23.2 Å². The molecular weight excluding hydrogens is 290 g/mol. The van der Waals surface area contributed by atoms with Gasteiger partial charge in [0, 0.05) is 11.4 Å². The summed E-state index contributed by atoms with van der Waals surface area (Å²) in [6.45, 7) is 2.00. The molecule has 0 aliphatic carbocycles. The Bertz CT molecular complexity index is 746. The zero-order valence-corrected chi connectivity index (χ0v) is 12.8. The van der Waals surface area contributed by atoms with Gasteiger partial charge in [0.15, 0.2) is 0 Å². The van der Waals surface area contributed by atoms with Crippen molar-refractivity contribution in [2.45, 2.75) is 19.8 Å². The highest BCUT2D eigenvalue weighted by Crippen LogP contribution is 2.16. The number of benzene rings is 2. The lowest BCUT2D eigenvalue weighted by Gasteiger charge is -2.10. The molecule has 2 rings (SSSR count). The lowest BCUT2D eigenvalue weighted by molar-refractivity contribution is -0.123. The maximum atomic E-state index is 12.0. The van der Waals surface area contributed by atoms with Gasteiger partial charge in [0.25, 0.3) is 0 Å². The van der Waals surface area contributed by atoms with E-state index in [1.165, 1.54) is 0 Å². The molecule has 2 aromatic rings. The van der Waals surface area contributed by atoms with Crippen LogP contribution in [0, 0.1) is 11.3 Å². The standard InChI is InChI=1S/C18H17N3O2/c1-2-14-5-3-4-6-16(14)21-18(23)11-17(22)20-15-9-7-13(12-19)8-10-15/h3-10H,2,11H2,1H3,(H,20,22)(H,21,23). The van der Waals surface area contributed by atoms with Gasteiger partial charge in [-0.05, 0) is 42.3 Å². The first kappa shape index (κ1) is 16.2. The van der Waals surface area contributed by atoms with Crippen molar-refractivity contribution in [2.24, 2.45) is 0 Å². The number of amides is 2. The van der Waals surface area contributed by atoms with Crippen molar-refractivity contribution in [2.75, 3.05) is 10.6 Å². The Morgan fingerprint density at radius 1 is 1.00 bits per heavy atom. The summed E-state index contributed by atoms with van der Waals surface area (Å²) in [7, 11) is 0. The topological polar surface area (TPSA) is 82.0 Å². The van der Waals surface area contributed by atoms with E-state index in [-0.39, 0.29) is 12.3 Å². The molecule has 116 valence electrons. The highest BCUT2D eigenvalue weighted by Gasteiger charge is 2.11. The zero-order valence-electron chi connectivity index (χ0n) is 12.8. The lowest BCUT2D eigenvalue weighted by atomic mass is 10.1. The van der Waals surface area contributed by atoms with Crippen molar-refractivity contribution in [3.63, 3.8) is 0 Å². The van der Waals surface area contributed by atoms with E-state index < -0.39 is 5.91 Å². The van der Waals surface area contributed by atoms with E-state index >= 15 is 0 Å². The van der Waals surface area contributed by atoms with Gasteiger partial charge in [-0.25, -0.2) is 0 Å². The van der Waals surface area contributed by atoms with Crippen LogP contribution in [0.1, 0.15) is 24.5 Å². The van der Waals surface area contributed by atoms with Gasteiger partial charge in [0.05, 0.1) is 11.6 Å². The number of para-hydroxylation sites is 1. The predicted octanol–water partition coefficient (Wildman–Crippen LogP) is 3.09. The molecule has 2 N–H and O–H groups in total. The van der Waals surface area contributed by atoms with Crippen LogP contribution in [0.4, 0.5) is 11.4 Å². The Morgan fingerprint density at radius 2 is 1.65 bits per heavy atom. The van der Waals surface area contributed by atoms with Crippen LogP contribution in [-0.2, 0) is 16.0 Å². The minimum atomic E-state index is -0.402. The highest BCUT2D eigenvalue weighted by atomic mass is 16.2. The van der Waals surface area contributed by atoms with E-state index in [9.17, 15) is 9.59 Å². The third kappa shape index (κ3) is 4.68. The van der Waals surface area contributed by atoms with Crippen LogP contribution in [0.5, 0.6) is 0 Å². The molecule has 0 saturated carbocycles. The lowest BCUT2D eigenvalue weighted by Crippen LogP contribution is -2.21. The molecule has 23 heavy (non-hydrogen) atoms. The summed E-state index contributed by atoms with van der Waals surface area (Å²) in [5, 5.41) is 14.1. The summed E-state index contributed by atoms with van der Waals surface area (Å²) in [6.07, 6.45) is 0.534. The summed E-state index contributed by atoms with van der Waals surface area (Å²) < 4.78 is 0. The molecule has 0 fully saturated rings. The fourth-order valence-corrected chi connectivity index (χ4v) is 2.12. The molecule has 5 nitrogen and oxygen atoms in total. The molecule has 0 aliphatic heterocycles. The van der Waals surface area contributed by atoms with E-state index in [2.05, 4.69) is 10.6 Å². The van der Waals surface area contributed by atoms with Crippen LogP contribution in [0.2, 0.25) is 0 Å². The average Bonchev–Trinajstić information content (AvgIpc) is 2.55. The van der Waals surface area contributed by atoms with E-state index in [4.69, 9.17) is 5.26 Å². The fraction of sp³-hybridized carbons (Fsp3) is 0.167. The van der Waals surface area contributed by atoms with E-state index in [1.807, 2.05) is 37.3 Å². The molecule has 0 saturated heterocycles. The highest BCUT2D eigenvalue weighted by molar-refractivity contribution is 6.08. The second-order valence-corrected chi connectivity index (χ2v) is 4.97. The summed E-state index contributed by atoms with van der Waals surface area (Å²) in [6, 6.07) is 16.0. The Kier molecular flexibility index (Phi) is 5.48. The molecule has 0 heterocycles. The van der Waals surface area contributed by atoms with Crippen molar-refractivity contribution in [1.29, 1.82) is 5.26 Å². The van der Waals surface area contributed by atoms with E-state index in [0.717, 1.165) is 17.7 Å². The van der Waals surface area contributed by atoms with Gasteiger partial charge in [-0.3, -0.25) is 9.59 Å². The number of hydrogen-bond donors (Lipinski definition) is 2. The molecule has 0 aliphatic rings. The van der Waals surface area contributed by atoms with Crippen LogP contribution in [0.3, 0.4) is 0 Å². The molecule has 0 unspecified atom stereocenters. The Labute approximate surface area is 134 Å². The van der Waals surface area contributed by atoms with Gasteiger partial charge in [0.2, 0.25) is 11.8 Å². The van der Waals surface area contributed by atoms with E-state index in [0.29, 0.717) is 11.3 Å². The van der Waals surface area contributed by atoms with Crippen molar-refractivity contribution in [3.8, 4) is 6.07 Å². The van der Waals surface area contributed by atoms with Gasteiger partial charge in [-0.1, -0.05) is 25.1 Å². The van der Waals surface area contributed by atoms with Crippen LogP contribution >= 0.6 is 0 Å². The van der Waals surface area contributed by atoms with E-state index in [1.54, 1.807) is 24.3 Å². The first-order valence-electron chi connectivity index (χ1n) is 7.30. The van der Waals surface area contributed by atoms with Crippen LogP contribution < -0.4 is 10.6 Å². The Morgan fingerprint density at radius 3 is 2.30 bits per heavy atom. The molecule has 0 spiro atoms. The minimum Gasteiger partial charge on any atom is -0.326 e. The minimum absolute atomic E-state index is 0.266. The summed E-state index contributed by atoms with van der Waals surface area (Å²) in [5.74, 6) is -0.766. The maximum absolute atomic E-state index is 12.0. The van der Waals surface area contributed by atoms with Crippen LogP contribution in [0.25, 0.3) is 0 Å². The number of anilines is 2. The van der Waals surface area contributed by atoms with Gasteiger partial charge in [-0.2, -0.15) is 5.26 Å². The number of nitriles is 1. The second-order valence-electron chi connectivity index (χ2n) is 4.97. The number of aryl methyl sites for hydroxylation is 1. The van der Waals surface area contributed by atoms with Crippen LogP contribution in [-0.4, -0.2) is 11.8 Å². The third-order valence-corrected chi connectivity index (χ3v) is 3.29.